The van der Waals surface area contributed by atoms with Gasteiger partial charge in [0, 0.05) is 5.92 Å². The zero-order valence-electron chi connectivity index (χ0n) is 19.8. The molecule has 4 fully saturated rings. The van der Waals surface area contributed by atoms with Crippen molar-refractivity contribution in [2.24, 2.45) is 52.3 Å². The largest absolute Gasteiger partial charge is 0.385 e. The van der Waals surface area contributed by atoms with Crippen LogP contribution in [0, 0.1) is 52.3 Å². The molecule has 4 aliphatic rings. The summed E-state index contributed by atoms with van der Waals surface area (Å²) in [6, 6.07) is 0. The Kier molecular flexibility index (Phi) is 5.99. The van der Waals surface area contributed by atoms with Gasteiger partial charge in [-0.3, -0.25) is 4.79 Å². The number of ketones is 1. The summed E-state index contributed by atoms with van der Waals surface area (Å²) in [5, 5.41) is 10.2. The van der Waals surface area contributed by atoms with Crippen molar-refractivity contribution in [1.82, 2.24) is 0 Å². The second kappa shape index (κ2) is 7.95. The lowest BCUT2D eigenvalue weighted by molar-refractivity contribution is -0.160. The predicted molar refractivity (Wildman–Crippen MR) is 119 cm³/mol. The van der Waals surface area contributed by atoms with Gasteiger partial charge in [0.2, 0.25) is 0 Å². The third-order valence-corrected chi connectivity index (χ3v) is 10.7. The third kappa shape index (κ3) is 3.54. The predicted octanol–water partition coefficient (Wildman–Crippen LogP) is 6.65. The smallest absolute Gasteiger partial charge is 0.164 e. The topological polar surface area (TPSA) is 37.3 Å². The van der Waals surface area contributed by atoms with Gasteiger partial charge >= 0.3 is 0 Å². The van der Waals surface area contributed by atoms with E-state index in [0.29, 0.717) is 17.8 Å². The van der Waals surface area contributed by atoms with E-state index in [0.717, 1.165) is 42.4 Å². The lowest BCUT2D eigenvalue weighted by Gasteiger charge is -2.60. The first-order chi connectivity index (χ1) is 13.7. The Hall–Kier alpha value is -0.370. The summed E-state index contributed by atoms with van der Waals surface area (Å²) in [5.74, 6) is 5.31. The van der Waals surface area contributed by atoms with Crippen molar-refractivity contribution in [3.63, 3.8) is 0 Å². The highest BCUT2D eigenvalue weighted by molar-refractivity contribution is 5.86. The molecule has 0 aromatic rings. The van der Waals surface area contributed by atoms with Gasteiger partial charge in [-0.15, -0.1) is 0 Å². The van der Waals surface area contributed by atoms with Gasteiger partial charge in [-0.1, -0.05) is 53.9 Å². The molecule has 166 valence electrons. The van der Waals surface area contributed by atoms with Gasteiger partial charge in [0.15, 0.2) is 5.78 Å². The summed E-state index contributed by atoms with van der Waals surface area (Å²) < 4.78 is 0. The van der Waals surface area contributed by atoms with E-state index in [4.69, 9.17) is 0 Å². The summed E-state index contributed by atoms with van der Waals surface area (Å²) in [6.45, 7) is 12.3. The highest BCUT2D eigenvalue weighted by atomic mass is 16.3. The van der Waals surface area contributed by atoms with Crippen molar-refractivity contribution >= 4 is 5.78 Å². The van der Waals surface area contributed by atoms with E-state index in [2.05, 4.69) is 34.6 Å². The number of carbonyl (C=O) groups excluding carboxylic acids is 1. The Morgan fingerprint density at radius 2 is 1.59 bits per heavy atom. The monoisotopic (exact) mass is 402 g/mol. The van der Waals surface area contributed by atoms with E-state index in [1.807, 2.05) is 0 Å². The lowest BCUT2D eigenvalue weighted by atomic mass is 9.44. The zero-order chi connectivity index (χ0) is 21.0. The van der Waals surface area contributed by atoms with Crippen LogP contribution in [0.1, 0.15) is 105 Å². The average Bonchev–Trinajstić information content (AvgIpc) is 3.02. The zero-order valence-corrected chi connectivity index (χ0v) is 19.8. The van der Waals surface area contributed by atoms with Crippen LogP contribution < -0.4 is 0 Å². The van der Waals surface area contributed by atoms with Crippen LogP contribution in [0.5, 0.6) is 0 Å². The van der Waals surface area contributed by atoms with Crippen molar-refractivity contribution in [2.75, 3.05) is 0 Å². The Balaban J connectivity index is 1.48. The molecular formula is C27H46O2. The van der Waals surface area contributed by atoms with Gasteiger partial charge in [0.1, 0.15) is 6.10 Å². The van der Waals surface area contributed by atoms with E-state index in [1.54, 1.807) is 0 Å². The van der Waals surface area contributed by atoms with Gasteiger partial charge in [-0.2, -0.15) is 0 Å². The van der Waals surface area contributed by atoms with Gasteiger partial charge in [-0.25, -0.2) is 0 Å². The minimum Gasteiger partial charge on any atom is -0.385 e. The van der Waals surface area contributed by atoms with Crippen LogP contribution in [-0.4, -0.2) is 17.0 Å². The van der Waals surface area contributed by atoms with Crippen LogP contribution in [0.15, 0.2) is 0 Å². The van der Waals surface area contributed by atoms with Crippen LogP contribution in [0.4, 0.5) is 0 Å². The number of carbonyl (C=O) groups is 1. The summed E-state index contributed by atoms with van der Waals surface area (Å²) in [4.78, 5) is 12.8. The standard InChI is InChI=1S/C27H46O2/c1-17(2)7-6-8-18(3)20-11-12-21-19-9-10-23-25(29)24(28)14-16-27(23,5)22(19)13-15-26(20,21)4/h17-24,28H,6-16H2,1-5H3/t18-,19+,20-,21+,22+,23+,24?,26-,27-/m1/s1. The van der Waals surface area contributed by atoms with E-state index in [-0.39, 0.29) is 17.1 Å². The summed E-state index contributed by atoms with van der Waals surface area (Å²) in [5.41, 5.74) is 0.682. The molecule has 0 spiro atoms. The molecule has 0 aliphatic heterocycles. The molecule has 1 N–H and O–H groups in total. The second-order valence-corrected chi connectivity index (χ2v) is 12.5. The maximum Gasteiger partial charge on any atom is 0.164 e. The molecule has 0 heterocycles. The number of rotatable bonds is 5. The molecule has 0 radical (unpaired) electrons. The first-order valence-corrected chi connectivity index (χ1v) is 12.9. The second-order valence-electron chi connectivity index (χ2n) is 12.5. The number of fused-ring (bicyclic) bond motifs is 5. The number of hydrogen-bond donors (Lipinski definition) is 1. The minimum absolute atomic E-state index is 0.129. The normalized spacial score (nSPS) is 48.2. The van der Waals surface area contributed by atoms with Crippen molar-refractivity contribution in [3.8, 4) is 0 Å². The Labute approximate surface area is 179 Å². The molecule has 2 nitrogen and oxygen atoms in total. The molecule has 0 aromatic heterocycles. The molecule has 0 saturated heterocycles. The molecule has 4 aliphatic carbocycles. The van der Waals surface area contributed by atoms with E-state index in [1.165, 1.54) is 51.4 Å². The van der Waals surface area contributed by atoms with Crippen LogP contribution >= 0.6 is 0 Å². The van der Waals surface area contributed by atoms with Crippen molar-refractivity contribution < 1.29 is 9.90 Å². The number of Topliss-reactive ketones (excluding diaryl/α,β-unsaturated/α-hetero) is 1. The molecule has 9 atom stereocenters. The van der Waals surface area contributed by atoms with Crippen molar-refractivity contribution in [3.05, 3.63) is 0 Å². The molecule has 4 rings (SSSR count). The van der Waals surface area contributed by atoms with Gasteiger partial charge in [0.25, 0.3) is 0 Å². The van der Waals surface area contributed by atoms with Crippen molar-refractivity contribution in [2.45, 2.75) is 111 Å². The number of aliphatic hydroxyl groups excluding tert-OH is 1. The minimum atomic E-state index is -0.680. The lowest BCUT2D eigenvalue weighted by Crippen LogP contribution is -2.57. The number of hydrogen-bond acceptors (Lipinski definition) is 2. The van der Waals surface area contributed by atoms with Gasteiger partial charge < -0.3 is 5.11 Å². The fourth-order valence-electron chi connectivity index (χ4n) is 9.13. The van der Waals surface area contributed by atoms with E-state index < -0.39 is 6.10 Å². The molecule has 0 amide bonds. The molecule has 2 heteroatoms. The SMILES string of the molecule is CC(C)CCC[C@@H](C)[C@H]1CC[C@H]2[C@@H]3CC[C@H]4C(=O)C(O)CC[C@]4(C)[C@H]3CC[C@]12C. The summed E-state index contributed by atoms with van der Waals surface area (Å²) in [6.07, 6.45) is 13.1. The van der Waals surface area contributed by atoms with Crippen LogP contribution in [-0.2, 0) is 4.79 Å². The number of aliphatic hydroxyl groups is 1. The Bertz CT molecular complexity index is 612. The van der Waals surface area contributed by atoms with Crippen molar-refractivity contribution in [1.29, 1.82) is 0 Å². The molecule has 0 bridgehead atoms. The summed E-state index contributed by atoms with van der Waals surface area (Å²) >= 11 is 0. The fourth-order valence-corrected chi connectivity index (χ4v) is 9.13. The van der Waals surface area contributed by atoms with Crippen LogP contribution in [0.3, 0.4) is 0 Å². The van der Waals surface area contributed by atoms with E-state index in [9.17, 15) is 9.90 Å². The maximum atomic E-state index is 12.8. The Morgan fingerprint density at radius 3 is 2.31 bits per heavy atom. The molecule has 29 heavy (non-hydrogen) atoms. The first kappa shape index (κ1) is 21.8. The van der Waals surface area contributed by atoms with Crippen LogP contribution in [0.25, 0.3) is 0 Å². The highest BCUT2D eigenvalue weighted by Gasteiger charge is 2.61. The fraction of sp³-hybridized carbons (Fsp3) is 0.963. The maximum absolute atomic E-state index is 12.8. The third-order valence-electron chi connectivity index (χ3n) is 10.7. The first-order valence-electron chi connectivity index (χ1n) is 12.9. The Morgan fingerprint density at radius 1 is 0.897 bits per heavy atom. The molecular weight excluding hydrogens is 356 g/mol. The molecule has 0 aromatic carbocycles. The highest BCUT2D eigenvalue weighted by Crippen LogP contribution is 2.68. The van der Waals surface area contributed by atoms with Crippen LogP contribution in [0.2, 0.25) is 0 Å². The van der Waals surface area contributed by atoms with Gasteiger partial charge in [-0.05, 0) is 97.7 Å². The summed E-state index contributed by atoms with van der Waals surface area (Å²) in [7, 11) is 0. The quantitative estimate of drug-likeness (QED) is 0.559. The molecule has 1 unspecified atom stereocenters. The molecule has 4 saturated carbocycles. The van der Waals surface area contributed by atoms with E-state index >= 15 is 0 Å². The van der Waals surface area contributed by atoms with Gasteiger partial charge in [0.05, 0.1) is 0 Å². The average molecular weight is 403 g/mol.